The number of aromatic hydroxyl groups is 1. The number of hydrogen-bond acceptors (Lipinski definition) is 4. The second kappa shape index (κ2) is 5.61. The van der Waals surface area contributed by atoms with E-state index in [4.69, 9.17) is 16.3 Å². The van der Waals surface area contributed by atoms with E-state index in [1.807, 2.05) is 0 Å². The largest absolute Gasteiger partial charge is 0.504 e. The van der Waals surface area contributed by atoms with E-state index in [2.05, 4.69) is 10.6 Å². The molecule has 0 saturated carbocycles. The molecule has 0 saturated heterocycles. The first-order valence-electron chi connectivity index (χ1n) is 6.53. The molecule has 0 fully saturated rings. The van der Waals surface area contributed by atoms with Gasteiger partial charge in [-0.2, -0.15) is 0 Å². The van der Waals surface area contributed by atoms with Crippen LogP contribution in [0.25, 0.3) is 5.57 Å². The molecule has 2 aromatic rings. The van der Waals surface area contributed by atoms with Gasteiger partial charge in [-0.1, -0.05) is 11.6 Å². The van der Waals surface area contributed by atoms with Crippen LogP contribution in [0.15, 0.2) is 42.6 Å². The van der Waals surface area contributed by atoms with Crippen LogP contribution < -0.4 is 15.4 Å². The van der Waals surface area contributed by atoms with Crippen molar-refractivity contribution < 1.29 is 14.6 Å². The molecule has 0 atom stereocenters. The quantitative estimate of drug-likeness (QED) is 0.758. The highest BCUT2D eigenvalue weighted by molar-refractivity contribution is 6.34. The summed E-state index contributed by atoms with van der Waals surface area (Å²) in [7, 11) is 1.48. The minimum atomic E-state index is -0.206. The molecule has 0 aromatic heterocycles. The number of benzene rings is 2. The Balaban J connectivity index is 1.89. The zero-order valence-corrected chi connectivity index (χ0v) is 12.4. The van der Waals surface area contributed by atoms with Gasteiger partial charge < -0.3 is 20.5 Å². The van der Waals surface area contributed by atoms with Crippen LogP contribution in [0.4, 0.5) is 11.4 Å². The van der Waals surface area contributed by atoms with E-state index >= 15 is 0 Å². The molecule has 1 heterocycles. The maximum absolute atomic E-state index is 12.0. The van der Waals surface area contributed by atoms with Crippen molar-refractivity contribution in [2.24, 2.45) is 0 Å². The first-order chi connectivity index (χ1) is 10.6. The number of ether oxygens (including phenoxy) is 1. The maximum atomic E-state index is 12.0. The monoisotopic (exact) mass is 316 g/mol. The standard InChI is InChI=1S/C16H13ClN2O3/c1-22-15-5-3-10(7-14(15)20)18-8-12-11-6-9(17)2-4-13(11)19-16(12)21/h2-8,18,20H,1H3,(H,19,21). The van der Waals surface area contributed by atoms with Gasteiger partial charge in [0.05, 0.1) is 12.7 Å². The molecule has 2 aromatic carbocycles. The molecular formula is C16H13ClN2O3. The van der Waals surface area contributed by atoms with Crippen LogP contribution in [0.1, 0.15) is 5.56 Å². The van der Waals surface area contributed by atoms with Crippen molar-refractivity contribution in [2.75, 3.05) is 17.7 Å². The number of nitrogens with one attached hydrogen (secondary N) is 2. The SMILES string of the molecule is COc1ccc(NC=C2C(=O)Nc3ccc(Cl)cc32)cc1O. The minimum absolute atomic E-state index is 0.0187. The summed E-state index contributed by atoms with van der Waals surface area (Å²) < 4.78 is 4.98. The predicted octanol–water partition coefficient (Wildman–Crippen LogP) is 3.46. The molecule has 5 nitrogen and oxygen atoms in total. The number of carbonyl (C=O) groups is 1. The summed E-state index contributed by atoms with van der Waals surface area (Å²) in [5.74, 6) is 0.196. The van der Waals surface area contributed by atoms with E-state index in [1.165, 1.54) is 13.2 Å². The van der Waals surface area contributed by atoms with Crippen LogP contribution in [0, 0.1) is 0 Å². The minimum Gasteiger partial charge on any atom is -0.504 e. The van der Waals surface area contributed by atoms with Gasteiger partial charge in [-0.3, -0.25) is 4.79 Å². The number of methoxy groups -OCH3 is 1. The topological polar surface area (TPSA) is 70.6 Å². The lowest BCUT2D eigenvalue weighted by Gasteiger charge is -2.06. The van der Waals surface area contributed by atoms with Gasteiger partial charge in [-0.05, 0) is 30.3 Å². The number of phenols is 1. The number of amides is 1. The number of anilines is 2. The van der Waals surface area contributed by atoms with Crippen LogP contribution in [-0.4, -0.2) is 18.1 Å². The van der Waals surface area contributed by atoms with Gasteiger partial charge >= 0.3 is 0 Å². The van der Waals surface area contributed by atoms with E-state index < -0.39 is 0 Å². The molecule has 1 aliphatic rings. The van der Waals surface area contributed by atoms with Gasteiger partial charge in [0, 0.05) is 34.2 Å². The van der Waals surface area contributed by atoms with E-state index in [0.717, 1.165) is 11.3 Å². The van der Waals surface area contributed by atoms with Crippen LogP contribution in [-0.2, 0) is 4.79 Å². The van der Waals surface area contributed by atoms with Crippen LogP contribution in [0.5, 0.6) is 11.5 Å². The van der Waals surface area contributed by atoms with Gasteiger partial charge in [-0.25, -0.2) is 0 Å². The summed E-state index contributed by atoms with van der Waals surface area (Å²) >= 11 is 5.97. The summed E-state index contributed by atoms with van der Waals surface area (Å²) in [5.41, 5.74) is 2.57. The summed E-state index contributed by atoms with van der Waals surface area (Å²) in [6, 6.07) is 10.1. The Bertz CT molecular complexity index is 787. The van der Waals surface area contributed by atoms with Gasteiger partial charge in [0.25, 0.3) is 5.91 Å². The molecule has 0 unspecified atom stereocenters. The molecule has 1 aliphatic heterocycles. The number of fused-ring (bicyclic) bond motifs is 1. The van der Waals surface area contributed by atoms with Crippen molar-refractivity contribution in [1.29, 1.82) is 0 Å². The Labute approximate surface area is 132 Å². The Morgan fingerprint density at radius 2 is 2.09 bits per heavy atom. The summed E-state index contributed by atoms with van der Waals surface area (Å²) in [6.45, 7) is 0. The molecule has 1 amide bonds. The lowest BCUT2D eigenvalue weighted by atomic mass is 10.1. The highest BCUT2D eigenvalue weighted by atomic mass is 35.5. The lowest BCUT2D eigenvalue weighted by Crippen LogP contribution is -2.05. The van der Waals surface area contributed by atoms with Gasteiger partial charge in [0.15, 0.2) is 11.5 Å². The van der Waals surface area contributed by atoms with E-state index in [9.17, 15) is 9.90 Å². The van der Waals surface area contributed by atoms with Crippen molar-refractivity contribution in [3.63, 3.8) is 0 Å². The lowest BCUT2D eigenvalue weighted by molar-refractivity contribution is -0.110. The van der Waals surface area contributed by atoms with E-state index in [-0.39, 0.29) is 11.7 Å². The van der Waals surface area contributed by atoms with Gasteiger partial charge in [0.2, 0.25) is 0 Å². The number of carbonyl (C=O) groups excluding carboxylic acids is 1. The fourth-order valence-corrected chi connectivity index (χ4v) is 2.41. The number of phenolic OH excluding ortho intramolecular Hbond substituents is 1. The molecule has 0 bridgehead atoms. The van der Waals surface area contributed by atoms with Crippen molar-refractivity contribution in [3.05, 3.63) is 53.2 Å². The van der Waals surface area contributed by atoms with Gasteiger partial charge in [-0.15, -0.1) is 0 Å². The van der Waals surface area contributed by atoms with Gasteiger partial charge in [0.1, 0.15) is 0 Å². The fourth-order valence-electron chi connectivity index (χ4n) is 2.24. The summed E-state index contributed by atoms with van der Waals surface area (Å²) in [5, 5.41) is 16.1. The Morgan fingerprint density at radius 1 is 1.27 bits per heavy atom. The second-order valence-corrected chi connectivity index (χ2v) is 5.17. The van der Waals surface area contributed by atoms with E-state index in [1.54, 1.807) is 36.5 Å². The van der Waals surface area contributed by atoms with Crippen LogP contribution >= 0.6 is 11.6 Å². The predicted molar refractivity (Wildman–Crippen MR) is 86.3 cm³/mol. The Kier molecular flexibility index (Phi) is 3.65. The second-order valence-electron chi connectivity index (χ2n) is 4.73. The number of halogens is 1. The molecule has 0 aliphatic carbocycles. The average Bonchev–Trinajstić information content (AvgIpc) is 2.80. The highest BCUT2D eigenvalue weighted by Crippen LogP contribution is 2.34. The Morgan fingerprint density at radius 3 is 2.82 bits per heavy atom. The third kappa shape index (κ3) is 2.58. The molecule has 22 heavy (non-hydrogen) atoms. The van der Waals surface area contributed by atoms with Crippen molar-refractivity contribution in [2.45, 2.75) is 0 Å². The maximum Gasteiger partial charge on any atom is 0.257 e. The number of hydrogen-bond donors (Lipinski definition) is 3. The third-order valence-electron chi connectivity index (χ3n) is 3.33. The molecule has 0 spiro atoms. The molecule has 3 rings (SSSR count). The fraction of sp³-hybridized carbons (Fsp3) is 0.0625. The zero-order valence-electron chi connectivity index (χ0n) is 11.7. The van der Waals surface area contributed by atoms with Crippen molar-refractivity contribution in [3.8, 4) is 11.5 Å². The molecule has 112 valence electrons. The first-order valence-corrected chi connectivity index (χ1v) is 6.91. The summed E-state index contributed by atoms with van der Waals surface area (Å²) in [4.78, 5) is 12.0. The Hall–Kier alpha value is -2.66. The smallest absolute Gasteiger partial charge is 0.257 e. The summed E-state index contributed by atoms with van der Waals surface area (Å²) in [6.07, 6.45) is 1.58. The van der Waals surface area contributed by atoms with Crippen LogP contribution in [0.2, 0.25) is 5.02 Å². The normalized spacial score (nSPS) is 14.6. The highest BCUT2D eigenvalue weighted by Gasteiger charge is 2.24. The average molecular weight is 317 g/mol. The molecule has 0 radical (unpaired) electrons. The third-order valence-corrected chi connectivity index (χ3v) is 3.56. The van der Waals surface area contributed by atoms with Crippen molar-refractivity contribution in [1.82, 2.24) is 0 Å². The molecule has 6 heteroatoms. The molecular weight excluding hydrogens is 304 g/mol. The number of rotatable bonds is 3. The van der Waals surface area contributed by atoms with E-state index in [0.29, 0.717) is 22.0 Å². The first kappa shape index (κ1) is 14.3. The molecule has 3 N–H and O–H groups in total. The zero-order chi connectivity index (χ0) is 15.7. The van der Waals surface area contributed by atoms with Crippen LogP contribution in [0.3, 0.4) is 0 Å². The van der Waals surface area contributed by atoms with Crippen molar-refractivity contribution >= 4 is 34.5 Å².